The molecule has 3 aromatic rings. The third-order valence-corrected chi connectivity index (χ3v) is 4.64. The van der Waals surface area contributed by atoms with E-state index in [1.165, 1.54) is 0 Å². The lowest BCUT2D eigenvalue weighted by atomic mass is 10.1. The fourth-order valence-corrected chi connectivity index (χ4v) is 3.18. The molecule has 0 fully saturated rings. The van der Waals surface area contributed by atoms with Crippen LogP contribution in [0.4, 0.5) is 11.4 Å². The van der Waals surface area contributed by atoms with E-state index in [1.807, 2.05) is 44.2 Å². The van der Waals surface area contributed by atoms with Gasteiger partial charge in [0.05, 0.1) is 12.2 Å². The molecule has 0 unspecified atom stereocenters. The van der Waals surface area contributed by atoms with Crippen molar-refractivity contribution in [3.05, 3.63) is 87.9 Å². The lowest BCUT2D eigenvalue weighted by molar-refractivity contribution is 0.101. The molecule has 6 heteroatoms. The van der Waals surface area contributed by atoms with Gasteiger partial charge in [0.2, 0.25) is 0 Å². The summed E-state index contributed by atoms with van der Waals surface area (Å²) in [6, 6.07) is 19.6. The molecule has 0 aliphatic heterocycles. The molecule has 0 radical (unpaired) electrons. The van der Waals surface area contributed by atoms with E-state index in [-0.39, 0.29) is 11.8 Å². The topological polar surface area (TPSA) is 67.4 Å². The molecule has 0 aromatic heterocycles. The highest BCUT2D eigenvalue weighted by Gasteiger charge is 2.14. The average molecular weight is 453 g/mol. The maximum Gasteiger partial charge on any atom is 0.259 e. The Morgan fingerprint density at radius 1 is 0.897 bits per heavy atom. The molecule has 0 heterocycles. The Hall–Kier alpha value is -3.12. The maximum absolute atomic E-state index is 12.8. The molecule has 0 bridgehead atoms. The van der Waals surface area contributed by atoms with E-state index < -0.39 is 0 Å². The molecular formula is C23H21BrN2O3. The first-order valence-corrected chi connectivity index (χ1v) is 9.97. The van der Waals surface area contributed by atoms with Crippen LogP contribution in [0.25, 0.3) is 0 Å². The van der Waals surface area contributed by atoms with Crippen molar-refractivity contribution < 1.29 is 14.3 Å². The number of anilines is 2. The van der Waals surface area contributed by atoms with Crippen LogP contribution in [-0.4, -0.2) is 18.4 Å². The summed E-state index contributed by atoms with van der Waals surface area (Å²) >= 11 is 3.38. The van der Waals surface area contributed by atoms with E-state index in [4.69, 9.17) is 4.74 Å². The highest BCUT2D eigenvalue weighted by molar-refractivity contribution is 9.10. The minimum Gasteiger partial charge on any atom is -0.493 e. The standard InChI is InChI=1S/C23H21BrN2O3/c1-3-29-21-11-10-17(24)14-20(21)23(28)26-19-9-5-7-16(13-19)22(27)25-18-8-4-6-15(2)12-18/h4-14H,3H2,1-2H3,(H,25,27)(H,26,28). The number of carbonyl (C=O) groups excluding carboxylic acids is 2. The zero-order valence-corrected chi connectivity index (χ0v) is 17.7. The van der Waals surface area contributed by atoms with Gasteiger partial charge in [0.25, 0.3) is 11.8 Å². The van der Waals surface area contributed by atoms with Crippen LogP contribution in [0, 0.1) is 6.92 Å². The SMILES string of the molecule is CCOc1ccc(Br)cc1C(=O)Nc1cccc(C(=O)Nc2cccc(C)c2)c1. The van der Waals surface area contributed by atoms with E-state index in [0.29, 0.717) is 29.2 Å². The van der Waals surface area contributed by atoms with Gasteiger partial charge in [-0.3, -0.25) is 9.59 Å². The zero-order chi connectivity index (χ0) is 20.8. The number of benzene rings is 3. The van der Waals surface area contributed by atoms with Crippen LogP contribution < -0.4 is 15.4 Å². The lowest BCUT2D eigenvalue weighted by Gasteiger charge is -2.12. The smallest absolute Gasteiger partial charge is 0.259 e. The number of aryl methyl sites for hydroxylation is 1. The number of amides is 2. The Kier molecular flexibility index (Phi) is 6.67. The second-order valence-electron chi connectivity index (χ2n) is 6.43. The Labute approximate surface area is 178 Å². The summed E-state index contributed by atoms with van der Waals surface area (Å²) in [5.41, 5.74) is 3.16. The molecule has 2 N–H and O–H groups in total. The summed E-state index contributed by atoms with van der Waals surface area (Å²) in [6.45, 7) is 4.28. The monoisotopic (exact) mass is 452 g/mol. The molecule has 0 aliphatic rings. The quantitative estimate of drug-likeness (QED) is 0.506. The molecular weight excluding hydrogens is 432 g/mol. The van der Waals surface area contributed by atoms with Crippen molar-refractivity contribution in [2.45, 2.75) is 13.8 Å². The molecule has 0 saturated heterocycles. The summed E-state index contributed by atoms with van der Waals surface area (Å²) in [6.07, 6.45) is 0. The number of hydrogen-bond acceptors (Lipinski definition) is 3. The lowest BCUT2D eigenvalue weighted by Crippen LogP contribution is -2.15. The first kappa shape index (κ1) is 20.6. The minimum absolute atomic E-state index is 0.246. The predicted molar refractivity (Wildman–Crippen MR) is 119 cm³/mol. The van der Waals surface area contributed by atoms with Crippen LogP contribution in [0.2, 0.25) is 0 Å². The van der Waals surface area contributed by atoms with E-state index in [0.717, 1.165) is 15.7 Å². The van der Waals surface area contributed by atoms with Gasteiger partial charge in [0, 0.05) is 21.4 Å². The largest absolute Gasteiger partial charge is 0.493 e. The second kappa shape index (κ2) is 9.39. The summed E-state index contributed by atoms with van der Waals surface area (Å²) in [4.78, 5) is 25.3. The number of ether oxygens (including phenoxy) is 1. The Balaban J connectivity index is 1.77. The molecule has 29 heavy (non-hydrogen) atoms. The Morgan fingerprint density at radius 2 is 1.59 bits per heavy atom. The predicted octanol–water partition coefficient (Wildman–Crippen LogP) is 5.66. The number of hydrogen-bond donors (Lipinski definition) is 2. The van der Waals surface area contributed by atoms with Gasteiger partial charge < -0.3 is 15.4 Å². The summed E-state index contributed by atoms with van der Waals surface area (Å²) in [5.74, 6) is -0.0586. The first-order chi connectivity index (χ1) is 14.0. The van der Waals surface area contributed by atoms with Crippen molar-refractivity contribution in [1.29, 1.82) is 0 Å². The molecule has 5 nitrogen and oxygen atoms in total. The highest BCUT2D eigenvalue weighted by atomic mass is 79.9. The molecule has 148 valence electrons. The van der Waals surface area contributed by atoms with Gasteiger partial charge >= 0.3 is 0 Å². The van der Waals surface area contributed by atoms with E-state index in [9.17, 15) is 9.59 Å². The fraction of sp³-hybridized carbons (Fsp3) is 0.130. The minimum atomic E-state index is -0.314. The van der Waals surface area contributed by atoms with E-state index in [1.54, 1.807) is 36.4 Å². The van der Waals surface area contributed by atoms with Crippen molar-refractivity contribution in [1.82, 2.24) is 0 Å². The van der Waals surface area contributed by atoms with Crippen LogP contribution in [0.15, 0.2) is 71.2 Å². The summed E-state index contributed by atoms with van der Waals surface area (Å²) in [5, 5.41) is 5.70. The van der Waals surface area contributed by atoms with Gasteiger partial charge in [-0.25, -0.2) is 0 Å². The van der Waals surface area contributed by atoms with Gasteiger partial charge in [-0.05, 0) is 67.9 Å². The van der Waals surface area contributed by atoms with E-state index >= 15 is 0 Å². The fourth-order valence-electron chi connectivity index (χ4n) is 2.82. The van der Waals surface area contributed by atoms with Crippen LogP contribution in [0.3, 0.4) is 0 Å². The molecule has 0 saturated carbocycles. The van der Waals surface area contributed by atoms with Crippen molar-refractivity contribution in [3.63, 3.8) is 0 Å². The van der Waals surface area contributed by atoms with Gasteiger partial charge in [0.15, 0.2) is 0 Å². The highest BCUT2D eigenvalue weighted by Crippen LogP contribution is 2.25. The second-order valence-corrected chi connectivity index (χ2v) is 7.35. The maximum atomic E-state index is 12.8. The first-order valence-electron chi connectivity index (χ1n) is 9.18. The van der Waals surface area contributed by atoms with E-state index in [2.05, 4.69) is 26.6 Å². The van der Waals surface area contributed by atoms with Crippen LogP contribution >= 0.6 is 15.9 Å². The number of nitrogens with one attached hydrogen (secondary N) is 2. The van der Waals surface area contributed by atoms with Crippen molar-refractivity contribution >= 4 is 39.1 Å². The third-order valence-electron chi connectivity index (χ3n) is 4.14. The summed E-state index contributed by atoms with van der Waals surface area (Å²) < 4.78 is 6.32. The zero-order valence-electron chi connectivity index (χ0n) is 16.2. The van der Waals surface area contributed by atoms with Crippen molar-refractivity contribution in [2.75, 3.05) is 17.2 Å². The average Bonchev–Trinajstić information content (AvgIpc) is 2.69. The molecule has 0 atom stereocenters. The van der Waals surface area contributed by atoms with Gasteiger partial charge in [-0.15, -0.1) is 0 Å². The number of carbonyl (C=O) groups is 2. The Bertz CT molecular complexity index is 1050. The van der Waals surface area contributed by atoms with Gasteiger partial charge in [-0.1, -0.05) is 34.1 Å². The molecule has 0 spiro atoms. The molecule has 3 rings (SSSR count). The molecule has 0 aliphatic carbocycles. The van der Waals surface area contributed by atoms with Crippen LogP contribution in [0.1, 0.15) is 33.2 Å². The number of halogens is 1. The third kappa shape index (κ3) is 5.45. The van der Waals surface area contributed by atoms with Crippen molar-refractivity contribution in [2.24, 2.45) is 0 Å². The van der Waals surface area contributed by atoms with Crippen LogP contribution in [-0.2, 0) is 0 Å². The Morgan fingerprint density at radius 3 is 2.31 bits per heavy atom. The van der Waals surface area contributed by atoms with Gasteiger partial charge in [-0.2, -0.15) is 0 Å². The summed E-state index contributed by atoms with van der Waals surface area (Å²) in [7, 11) is 0. The number of rotatable bonds is 6. The normalized spacial score (nSPS) is 10.3. The van der Waals surface area contributed by atoms with Crippen LogP contribution in [0.5, 0.6) is 5.75 Å². The van der Waals surface area contributed by atoms with Gasteiger partial charge in [0.1, 0.15) is 5.75 Å². The molecule has 3 aromatic carbocycles. The van der Waals surface area contributed by atoms with Crippen molar-refractivity contribution in [3.8, 4) is 5.75 Å². The molecule has 2 amide bonds.